The van der Waals surface area contributed by atoms with Gasteiger partial charge in [-0.2, -0.15) is 0 Å². The van der Waals surface area contributed by atoms with Gasteiger partial charge in [0.05, 0.1) is 31.6 Å². The Labute approximate surface area is 129 Å². The summed E-state index contributed by atoms with van der Waals surface area (Å²) >= 11 is 0. The third-order valence-corrected chi connectivity index (χ3v) is 3.94. The molecule has 0 amide bonds. The van der Waals surface area contributed by atoms with E-state index in [1.54, 1.807) is 13.2 Å². The molecule has 1 aliphatic rings. The molecule has 2 aromatic heterocycles. The van der Waals surface area contributed by atoms with Crippen LogP contribution in [0.3, 0.4) is 0 Å². The SMILES string of the molecule is COc1cccc(-c2cn(CCN3CCC(O)CC3)nn2)n1. The molecule has 1 aliphatic heterocycles. The average molecular weight is 303 g/mol. The van der Waals surface area contributed by atoms with Crippen molar-refractivity contribution >= 4 is 0 Å². The fourth-order valence-electron chi connectivity index (χ4n) is 2.58. The second kappa shape index (κ2) is 6.85. The maximum Gasteiger partial charge on any atom is 0.213 e. The number of hydrogen-bond acceptors (Lipinski definition) is 6. The van der Waals surface area contributed by atoms with Gasteiger partial charge in [0.15, 0.2) is 0 Å². The van der Waals surface area contributed by atoms with Gasteiger partial charge in [-0.05, 0) is 18.9 Å². The molecule has 2 aromatic rings. The highest BCUT2D eigenvalue weighted by Crippen LogP contribution is 2.17. The minimum Gasteiger partial charge on any atom is -0.481 e. The maximum atomic E-state index is 9.51. The van der Waals surface area contributed by atoms with E-state index in [4.69, 9.17) is 4.74 Å². The molecule has 3 heterocycles. The number of hydrogen-bond donors (Lipinski definition) is 1. The molecular formula is C15H21N5O2. The first-order valence-electron chi connectivity index (χ1n) is 7.56. The smallest absolute Gasteiger partial charge is 0.213 e. The molecular weight excluding hydrogens is 282 g/mol. The van der Waals surface area contributed by atoms with Crippen molar-refractivity contribution in [2.45, 2.75) is 25.5 Å². The number of ether oxygens (including phenoxy) is 1. The Bertz CT molecular complexity index is 607. The molecule has 7 heteroatoms. The largest absolute Gasteiger partial charge is 0.481 e. The van der Waals surface area contributed by atoms with E-state index in [-0.39, 0.29) is 6.10 Å². The summed E-state index contributed by atoms with van der Waals surface area (Å²) in [7, 11) is 1.60. The highest BCUT2D eigenvalue weighted by atomic mass is 16.5. The zero-order valence-corrected chi connectivity index (χ0v) is 12.7. The van der Waals surface area contributed by atoms with Gasteiger partial charge < -0.3 is 14.7 Å². The van der Waals surface area contributed by atoms with Crippen LogP contribution in [0, 0.1) is 0 Å². The van der Waals surface area contributed by atoms with E-state index in [1.807, 2.05) is 23.0 Å². The minimum atomic E-state index is -0.131. The Morgan fingerprint density at radius 1 is 1.23 bits per heavy atom. The van der Waals surface area contributed by atoms with Crippen molar-refractivity contribution in [1.29, 1.82) is 0 Å². The molecule has 0 atom stereocenters. The van der Waals surface area contributed by atoms with Crippen LogP contribution in [0.2, 0.25) is 0 Å². The Balaban J connectivity index is 1.59. The summed E-state index contributed by atoms with van der Waals surface area (Å²) in [6.45, 7) is 3.59. The summed E-state index contributed by atoms with van der Waals surface area (Å²) in [5.74, 6) is 0.568. The van der Waals surface area contributed by atoms with Gasteiger partial charge in [0.25, 0.3) is 0 Å². The number of aromatic nitrogens is 4. The maximum absolute atomic E-state index is 9.51. The normalized spacial score (nSPS) is 16.8. The van der Waals surface area contributed by atoms with E-state index in [9.17, 15) is 5.11 Å². The second-order valence-corrected chi connectivity index (χ2v) is 5.50. The predicted octanol–water partition coefficient (Wildman–Crippen LogP) is 0.805. The summed E-state index contributed by atoms with van der Waals surface area (Å²) in [4.78, 5) is 6.70. The molecule has 0 spiro atoms. The van der Waals surface area contributed by atoms with Crippen molar-refractivity contribution in [2.24, 2.45) is 0 Å². The van der Waals surface area contributed by atoms with Crippen molar-refractivity contribution in [1.82, 2.24) is 24.9 Å². The Hall–Kier alpha value is -1.99. The highest BCUT2D eigenvalue weighted by Gasteiger charge is 2.16. The van der Waals surface area contributed by atoms with E-state index in [2.05, 4.69) is 20.2 Å². The Kier molecular flexibility index (Phi) is 4.65. The van der Waals surface area contributed by atoms with E-state index in [0.29, 0.717) is 5.88 Å². The van der Waals surface area contributed by atoms with Gasteiger partial charge in [0.2, 0.25) is 5.88 Å². The van der Waals surface area contributed by atoms with Crippen molar-refractivity contribution in [3.63, 3.8) is 0 Å². The van der Waals surface area contributed by atoms with Crippen LogP contribution in [0.1, 0.15) is 12.8 Å². The summed E-state index contributed by atoms with van der Waals surface area (Å²) in [5, 5.41) is 17.8. The van der Waals surface area contributed by atoms with Crippen molar-refractivity contribution in [3.8, 4) is 17.3 Å². The summed E-state index contributed by atoms with van der Waals surface area (Å²) in [5.41, 5.74) is 1.50. The van der Waals surface area contributed by atoms with Gasteiger partial charge in [-0.3, -0.25) is 4.68 Å². The Morgan fingerprint density at radius 2 is 2.05 bits per heavy atom. The Morgan fingerprint density at radius 3 is 2.82 bits per heavy atom. The van der Waals surface area contributed by atoms with Crippen LogP contribution in [0.25, 0.3) is 11.4 Å². The van der Waals surface area contributed by atoms with E-state index < -0.39 is 0 Å². The quantitative estimate of drug-likeness (QED) is 0.881. The lowest BCUT2D eigenvalue weighted by Gasteiger charge is -2.29. The van der Waals surface area contributed by atoms with Crippen LogP contribution >= 0.6 is 0 Å². The molecule has 0 unspecified atom stereocenters. The van der Waals surface area contributed by atoms with E-state index in [0.717, 1.165) is 50.4 Å². The summed E-state index contributed by atoms with van der Waals surface area (Å²) in [6.07, 6.45) is 3.49. The van der Waals surface area contributed by atoms with Crippen molar-refractivity contribution < 1.29 is 9.84 Å². The van der Waals surface area contributed by atoms with Crippen LogP contribution in [-0.2, 0) is 6.54 Å². The first-order valence-corrected chi connectivity index (χ1v) is 7.56. The number of methoxy groups -OCH3 is 1. The molecule has 0 aliphatic carbocycles. The number of aliphatic hydroxyl groups is 1. The number of rotatable bonds is 5. The minimum absolute atomic E-state index is 0.131. The zero-order valence-electron chi connectivity index (χ0n) is 12.7. The van der Waals surface area contributed by atoms with Gasteiger partial charge >= 0.3 is 0 Å². The number of aliphatic hydroxyl groups excluding tert-OH is 1. The molecule has 3 rings (SSSR count). The standard InChI is InChI=1S/C15H21N5O2/c1-22-15-4-2-3-13(16-15)14-11-20(18-17-14)10-9-19-7-5-12(21)6-8-19/h2-4,11-12,21H,5-10H2,1H3. The summed E-state index contributed by atoms with van der Waals surface area (Å²) in [6, 6.07) is 5.58. The fourth-order valence-corrected chi connectivity index (χ4v) is 2.58. The lowest BCUT2D eigenvalue weighted by Crippen LogP contribution is -2.37. The lowest BCUT2D eigenvalue weighted by molar-refractivity contribution is 0.0804. The topological polar surface area (TPSA) is 76.3 Å². The van der Waals surface area contributed by atoms with Crippen LogP contribution in [0.15, 0.2) is 24.4 Å². The van der Waals surface area contributed by atoms with Gasteiger partial charge in [0.1, 0.15) is 5.69 Å². The molecule has 0 aromatic carbocycles. The van der Waals surface area contributed by atoms with E-state index in [1.165, 1.54) is 0 Å². The lowest BCUT2D eigenvalue weighted by atomic mass is 10.1. The number of pyridine rings is 1. The van der Waals surface area contributed by atoms with Crippen LogP contribution in [0.5, 0.6) is 5.88 Å². The highest BCUT2D eigenvalue weighted by molar-refractivity contribution is 5.52. The molecule has 0 bridgehead atoms. The second-order valence-electron chi connectivity index (χ2n) is 5.50. The van der Waals surface area contributed by atoms with Crippen LogP contribution in [-0.4, -0.2) is 62.8 Å². The first-order chi connectivity index (χ1) is 10.7. The molecule has 1 saturated heterocycles. The molecule has 118 valence electrons. The third kappa shape index (κ3) is 3.61. The van der Waals surface area contributed by atoms with Crippen molar-refractivity contribution in [2.75, 3.05) is 26.7 Å². The molecule has 0 saturated carbocycles. The average Bonchev–Trinajstić information content (AvgIpc) is 3.03. The molecule has 7 nitrogen and oxygen atoms in total. The zero-order chi connectivity index (χ0) is 15.4. The predicted molar refractivity (Wildman–Crippen MR) is 81.5 cm³/mol. The van der Waals surface area contributed by atoms with Gasteiger partial charge in [0, 0.05) is 25.7 Å². The van der Waals surface area contributed by atoms with Crippen molar-refractivity contribution in [3.05, 3.63) is 24.4 Å². The molecule has 1 N–H and O–H groups in total. The van der Waals surface area contributed by atoms with Crippen LogP contribution < -0.4 is 4.74 Å². The fraction of sp³-hybridized carbons (Fsp3) is 0.533. The van der Waals surface area contributed by atoms with Crippen LogP contribution in [0.4, 0.5) is 0 Å². The van der Waals surface area contributed by atoms with Gasteiger partial charge in [-0.1, -0.05) is 11.3 Å². The molecule has 1 fully saturated rings. The first kappa shape index (κ1) is 14.9. The van der Waals surface area contributed by atoms with Gasteiger partial charge in [-0.25, -0.2) is 4.98 Å². The number of nitrogens with zero attached hydrogens (tertiary/aromatic N) is 5. The number of piperidine rings is 1. The van der Waals surface area contributed by atoms with E-state index >= 15 is 0 Å². The molecule has 0 radical (unpaired) electrons. The third-order valence-electron chi connectivity index (χ3n) is 3.94. The monoisotopic (exact) mass is 303 g/mol. The van der Waals surface area contributed by atoms with Gasteiger partial charge in [-0.15, -0.1) is 5.10 Å². The summed E-state index contributed by atoms with van der Waals surface area (Å²) < 4.78 is 6.96. The molecule has 22 heavy (non-hydrogen) atoms. The number of likely N-dealkylation sites (tertiary alicyclic amines) is 1.